The van der Waals surface area contributed by atoms with E-state index in [1.54, 1.807) is 7.11 Å². The average Bonchev–Trinajstić information content (AvgIpc) is 3.03. The standard InChI is InChI=1S/C20H26BClN2O3/c1-4-23(5-2)20(25)13-7-6-8-15-17(13)18-16(26-3)10-9-14(22)19(18)24(15)11-12-27-21/h9-10,13H,4-8,11-12H2,1-3H3. The number of benzene rings is 1. The number of methoxy groups -OCH3 is 1. The molecule has 2 aromatic rings. The number of halogens is 1. The molecule has 0 bridgehead atoms. The lowest BCUT2D eigenvalue weighted by Crippen LogP contribution is -2.36. The summed E-state index contributed by atoms with van der Waals surface area (Å²) in [5.41, 5.74) is 3.10. The summed E-state index contributed by atoms with van der Waals surface area (Å²) in [6.07, 6.45) is 2.70. The molecule has 3 rings (SSSR count). The van der Waals surface area contributed by atoms with Crippen LogP contribution in [0.4, 0.5) is 0 Å². The predicted octanol–water partition coefficient (Wildman–Crippen LogP) is 3.69. The maximum Gasteiger partial charge on any atom is 0.282 e. The monoisotopic (exact) mass is 388 g/mol. The van der Waals surface area contributed by atoms with Crippen molar-refractivity contribution in [2.75, 3.05) is 26.8 Å². The van der Waals surface area contributed by atoms with Crippen LogP contribution in [0.1, 0.15) is 43.9 Å². The van der Waals surface area contributed by atoms with Crippen LogP contribution >= 0.6 is 11.6 Å². The van der Waals surface area contributed by atoms with Gasteiger partial charge in [-0.2, -0.15) is 0 Å². The van der Waals surface area contributed by atoms with Crippen LogP contribution in [0.2, 0.25) is 5.02 Å². The Morgan fingerprint density at radius 3 is 2.74 bits per heavy atom. The topological polar surface area (TPSA) is 43.7 Å². The zero-order chi connectivity index (χ0) is 19.6. The Balaban J connectivity index is 2.26. The Kier molecular flexibility index (Phi) is 6.38. The van der Waals surface area contributed by atoms with E-state index in [2.05, 4.69) is 4.57 Å². The summed E-state index contributed by atoms with van der Waals surface area (Å²) in [6, 6.07) is 3.72. The van der Waals surface area contributed by atoms with E-state index in [0.717, 1.165) is 47.2 Å². The van der Waals surface area contributed by atoms with Gasteiger partial charge in [0.25, 0.3) is 8.05 Å². The van der Waals surface area contributed by atoms with Crippen molar-refractivity contribution >= 4 is 36.5 Å². The van der Waals surface area contributed by atoms with Gasteiger partial charge in [0.2, 0.25) is 5.91 Å². The Morgan fingerprint density at radius 1 is 1.37 bits per heavy atom. The number of carbonyl (C=O) groups excluding carboxylic acids is 1. The molecule has 1 aromatic carbocycles. The summed E-state index contributed by atoms with van der Waals surface area (Å²) in [5.74, 6) is 0.748. The Morgan fingerprint density at radius 2 is 2.11 bits per heavy atom. The summed E-state index contributed by atoms with van der Waals surface area (Å²) in [5, 5.41) is 1.59. The molecule has 0 N–H and O–H groups in total. The van der Waals surface area contributed by atoms with Gasteiger partial charge < -0.3 is 18.9 Å². The predicted molar refractivity (Wildman–Crippen MR) is 109 cm³/mol. The second kappa shape index (κ2) is 8.57. The zero-order valence-electron chi connectivity index (χ0n) is 16.3. The first-order valence-corrected chi connectivity index (χ1v) is 9.94. The van der Waals surface area contributed by atoms with E-state index >= 15 is 0 Å². The van der Waals surface area contributed by atoms with E-state index in [0.29, 0.717) is 31.3 Å². The van der Waals surface area contributed by atoms with Gasteiger partial charge in [-0.05, 0) is 50.8 Å². The van der Waals surface area contributed by atoms with Crippen LogP contribution in [0.15, 0.2) is 12.1 Å². The highest BCUT2D eigenvalue weighted by Crippen LogP contribution is 2.45. The largest absolute Gasteiger partial charge is 0.496 e. The number of rotatable bonds is 7. The summed E-state index contributed by atoms with van der Waals surface area (Å²) >= 11 is 6.59. The van der Waals surface area contributed by atoms with Crippen molar-refractivity contribution in [1.82, 2.24) is 9.47 Å². The third-order valence-corrected chi connectivity index (χ3v) is 5.85. The molecular weight excluding hydrogens is 362 g/mol. The molecule has 0 saturated carbocycles. The highest BCUT2D eigenvalue weighted by molar-refractivity contribution is 6.35. The zero-order valence-corrected chi connectivity index (χ0v) is 17.0. The highest BCUT2D eigenvalue weighted by Gasteiger charge is 2.35. The smallest absolute Gasteiger partial charge is 0.282 e. The van der Waals surface area contributed by atoms with Gasteiger partial charge in [-0.25, -0.2) is 0 Å². The van der Waals surface area contributed by atoms with E-state index in [4.69, 9.17) is 29.0 Å². The third-order valence-electron chi connectivity index (χ3n) is 5.55. The Labute approximate surface area is 167 Å². The van der Waals surface area contributed by atoms with Crippen LogP contribution in [0.25, 0.3) is 10.9 Å². The van der Waals surface area contributed by atoms with Gasteiger partial charge in [-0.1, -0.05) is 11.6 Å². The van der Waals surface area contributed by atoms with E-state index in [9.17, 15) is 4.79 Å². The Bertz CT molecular complexity index is 832. The summed E-state index contributed by atoms with van der Waals surface area (Å²) in [6.45, 7) is 6.41. The molecule has 0 fully saturated rings. The summed E-state index contributed by atoms with van der Waals surface area (Å²) < 4.78 is 12.6. The number of aromatic nitrogens is 1. The van der Waals surface area contributed by atoms with Gasteiger partial charge in [0.15, 0.2) is 0 Å². The molecule has 1 heterocycles. The van der Waals surface area contributed by atoms with Crippen molar-refractivity contribution in [3.05, 3.63) is 28.4 Å². The third kappa shape index (κ3) is 3.45. The SMILES string of the molecule is [B]OCCn1c2c(c3c(OC)ccc(Cl)c31)C(C(=O)N(CC)CC)CCC2. The maximum absolute atomic E-state index is 13.3. The normalized spacial score (nSPS) is 16.4. The minimum atomic E-state index is -0.177. The number of nitrogens with zero attached hydrogens (tertiary/aromatic N) is 2. The molecule has 2 radical (unpaired) electrons. The van der Waals surface area contributed by atoms with Gasteiger partial charge in [-0.15, -0.1) is 0 Å². The number of hydrogen-bond donors (Lipinski definition) is 0. The van der Waals surface area contributed by atoms with E-state index in [1.807, 2.05) is 30.9 Å². The minimum absolute atomic E-state index is 0.177. The molecule has 0 saturated heterocycles. The molecule has 1 aliphatic carbocycles. The molecular formula is C20H26BClN2O3. The summed E-state index contributed by atoms with van der Waals surface area (Å²) in [4.78, 5) is 15.2. The molecule has 1 unspecified atom stereocenters. The molecule has 0 spiro atoms. The van der Waals surface area contributed by atoms with Gasteiger partial charge >= 0.3 is 0 Å². The average molecular weight is 389 g/mol. The van der Waals surface area contributed by atoms with Crippen molar-refractivity contribution in [3.63, 3.8) is 0 Å². The van der Waals surface area contributed by atoms with Crippen LogP contribution in [0.5, 0.6) is 5.75 Å². The molecule has 27 heavy (non-hydrogen) atoms. The second-order valence-electron chi connectivity index (χ2n) is 6.81. The molecule has 1 amide bonds. The van der Waals surface area contributed by atoms with Crippen LogP contribution < -0.4 is 4.74 Å². The minimum Gasteiger partial charge on any atom is -0.496 e. The number of fused-ring (bicyclic) bond motifs is 3. The molecule has 1 aliphatic rings. The number of ether oxygens (including phenoxy) is 1. The first-order valence-electron chi connectivity index (χ1n) is 9.56. The lowest BCUT2D eigenvalue weighted by molar-refractivity contribution is -0.132. The maximum atomic E-state index is 13.3. The number of amides is 1. The van der Waals surface area contributed by atoms with Gasteiger partial charge in [0.1, 0.15) is 5.75 Å². The molecule has 5 nitrogen and oxygen atoms in total. The fourth-order valence-electron chi connectivity index (χ4n) is 4.32. The van der Waals surface area contributed by atoms with Crippen LogP contribution in [0, 0.1) is 0 Å². The fraction of sp³-hybridized carbons (Fsp3) is 0.550. The number of hydrogen-bond acceptors (Lipinski definition) is 3. The number of carbonyl (C=O) groups is 1. The van der Waals surface area contributed by atoms with Crippen LogP contribution in [0.3, 0.4) is 0 Å². The van der Waals surface area contributed by atoms with Crippen molar-refractivity contribution in [2.45, 2.75) is 45.6 Å². The highest BCUT2D eigenvalue weighted by atomic mass is 35.5. The Hall–Kier alpha value is -1.66. The van der Waals surface area contributed by atoms with Crippen molar-refractivity contribution in [2.24, 2.45) is 0 Å². The lowest BCUT2D eigenvalue weighted by Gasteiger charge is -2.29. The van der Waals surface area contributed by atoms with Crippen molar-refractivity contribution < 1.29 is 14.2 Å². The molecule has 7 heteroatoms. The van der Waals surface area contributed by atoms with E-state index in [-0.39, 0.29) is 11.8 Å². The van der Waals surface area contributed by atoms with E-state index in [1.165, 1.54) is 0 Å². The first kappa shape index (κ1) is 20.1. The number of likely N-dealkylation sites (N-methyl/N-ethyl adjacent to an activating group) is 1. The van der Waals surface area contributed by atoms with Crippen molar-refractivity contribution in [1.29, 1.82) is 0 Å². The van der Waals surface area contributed by atoms with Crippen LogP contribution in [-0.2, 0) is 22.4 Å². The van der Waals surface area contributed by atoms with Crippen LogP contribution in [-0.4, -0.2) is 50.2 Å². The fourth-order valence-corrected chi connectivity index (χ4v) is 4.58. The van der Waals surface area contributed by atoms with Gasteiger partial charge in [-0.3, -0.25) is 4.79 Å². The lowest BCUT2D eigenvalue weighted by atomic mass is 9.84. The van der Waals surface area contributed by atoms with Crippen molar-refractivity contribution in [3.8, 4) is 5.75 Å². The molecule has 0 aliphatic heterocycles. The first-order chi connectivity index (χ1) is 13.1. The summed E-state index contributed by atoms with van der Waals surface area (Å²) in [7, 11) is 6.93. The van der Waals surface area contributed by atoms with Gasteiger partial charge in [0.05, 0.1) is 23.6 Å². The molecule has 144 valence electrons. The molecule has 1 aromatic heterocycles. The second-order valence-corrected chi connectivity index (χ2v) is 7.22. The quantitative estimate of drug-likeness (QED) is 0.679. The van der Waals surface area contributed by atoms with E-state index < -0.39 is 0 Å². The van der Waals surface area contributed by atoms with Gasteiger partial charge in [0, 0.05) is 37.3 Å². The molecule has 1 atom stereocenters.